The fraction of sp³-hybridized carbons (Fsp3) is 0.316. The number of alkyl halides is 3. The normalized spacial score (nSPS) is 16.2. The van der Waals surface area contributed by atoms with Gasteiger partial charge in [0.1, 0.15) is 15.8 Å². The van der Waals surface area contributed by atoms with Crippen LogP contribution in [0.25, 0.3) is 22.8 Å². The lowest BCUT2D eigenvalue weighted by Gasteiger charge is -2.34. The molecule has 0 radical (unpaired) electrons. The minimum absolute atomic E-state index is 0.0135. The number of quaternary nitrogens is 1. The molecule has 6 rings (SSSR count). The maximum atomic E-state index is 14.0. The van der Waals surface area contributed by atoms with E-state index in [0.717, 1.165) is 58.0 Å². The summed E-state index contributed by atoms with van der Waals surface area (Å²) in [5.41, 5.74) is 0.162. The summed E-state index contributed by atoms with van der Waals surface area (Å²) in [5, 5.41) is 16.6. The number of aromatic nitrogens is 4. The Kier molecular flexibility index (Phi) is 11.7. The third-order valence-corrected chi connectivity index (χ3v) is 9.91. The summed E-state index contributed by atoms with van der Waals surface area (Å²) < 4.78 is 76.1. The van der Waals surface area contributed by atoms with E-state index in [1.165, 1.54) is 47.3 Å². The lowest BCUT2D eigenvalue weighted by atomic mass is 9.85. The predicted octanol–water partition coefficient (Wildman–Crippen LogP) is 6.10. The van der Waals surface area contributed by atoms with Crippen LogP contribution in [0.5, 0.6) is 0 Å². The number of imidazole rings is 1. The monoisotopic (exact) mass is 763 g/mol. The van der Waals surface area contributed by atoms with Crippen LogP contribution in [0.4, 0.5) is 18.0 Å². The number of amides is 1. The van der Waals surface area contributed by atoms with E-state index in [-0.39, 0.29) is 28.0 Å². The summed E-state index contributed by atoms with van der Waals surface area (Å²) in [6.45, 7) is 2.62. The van der Waals surface area contributed by atoms with E-state index in [1.807, 2.05) is 0 Å². The van der Waals surface area contributed by atoms with E-state index < -0.39 is 33.6 Å². The zero-order valence-corrected chi connectivity index (χ0v) is 30.9. The third kappa shape index (κ3) is 9.34. The second-order valence-corrected chi connectivity index (χ2v) is 15.5. The van der Waals surface area contributed by atoms with E-state index in [1.54, 1.807) is 43.3 Å². The van der Waals surface area contributed by atoms with Crippen LogP contribution >= 0.6 is 0 Å². The lowest BCUT2D eigenvalue weighted by molar-refractivity contribution is -0.874. The molecule has 2 heterocycles. The zero-order valence-electron chi connectivity index (χ0n) is 30.1. The fourth-order valence-electron chi connectivity index (χ4n) is 6.68. The van der Waals surface area contributed by atoms with Gasteiger partial charge in [-0.2, -0.15) is 23.5 Å². The van der Waals surface area contributed by atoms with Crippen LogP contribution in [0.1, 0.15) is 42.5 Å². The molecule has 16 heteroatoms. The Labute approximate surface area is 311 Å². The average molecular weight is 764 g/mol. The molecule has 0 bridgehead atoms. The molecule has 1 N–H and O–H groups in total. The highest BCUT2D eigenvalue weighted by molar-refractivity contribution is 7.85. The van der Waals surface area contributed by atoms with E-state index in [0.29, 0.717) is 22.9 Å². The van der Waals surface area contributed by atoms with Crippen molar-refractivity contribution in [2.24, 2.45) is 5.92 Å². The molecule has 0 unspecified atom stereocenters. The molecule has 0 spiro atoms. The summed E-state index contributed by atoms with van der Waals surface area (Å²) in [6.07, 6.45) is 0.301. The van der Waals surface area contributed by atoms with Gasteiger partial charge in [-0.05, 0) is 93.3 Å². The number of nitriles is 1. The molecule has 54 heavy (non-hydrogen) atoms. The minimum Gasteiger partial charge on any atom is -0.744 e. The number of carbonyl (C=O) groups is 1. The van der Waals surface area contributed by atoms with Crippen molar-refractivity contribution in [2.75, 3.05) is 27.7 Å². The molecule has 1 fully saturated rings. The first kappa shape index (κ1) is 39.7. The van der Waals surface area contributed by atoms with Crippen LogP contribution < -0.4 is 11.0 Å². The molecule has 1 amide bonds. The summed E-state index contributed by atoms with van der Waals surface area (Å²) in [5.74, 6) is 0.535. The van der Waals surface area contributed by atoms with Gasteiger partial charge in [0.25, 0.3) is 0 Å². The number of carbonyl (C=O) groups excluding carboxylic acids is 1. The molecule has 1 aliphatic rings. The minimum atomic E-state index is -4.62. The highest BCUT2D eigenvalue weighted by Gasteiger charge is 2.33. The second kappa shape index (κ2) is 15.8. The second-order valence-electron chi connectivity index (χ2n) is 14.1. The van der Waals surface area contributed by atoms with Crippen molar-refractivity contribution in [3.63, 3.8) is 0 Å². The summed E-state index contributed by atoms with van der Waals surface area (Å²) in [7, 11) is 2.21. The van der Waals surface area contributed by atoms with Crippen LogP contribution in [0, 0.1) is 24.2 Å². The van der Waals surface area contributed by atoms with E-state index in [2.05, 4.69) is 37.6 Å². The average Bonchev–Trinajstić information content (AvgIpc) is 3.70. The number of halogens is 3. The molecule has 5 aromatic rings. The number of rotatable bonds is 7. The van der Waals surface area contributed by atoms with Gasteiger partial charge in [-0.25, -0.2) is 27.3 Å². The molecule has 0 atom stereocenters. The Morgan fingerprint density at radius 3 is 2.17 bits per heavy atom. The number of hydrogen-bond donors (Lipinski definition) is 1. The largest absolute Gasteiger partial charge is 0.744 e. The highest BCUT2D eigenvalue weighted by Crippen LogP contribution is 2.32. The molecule has 12 nitrogen and oxygen atoms in total. The molecule has 0 saturated heterocycles. The first-order valence-corrected chi connectivity index (χ1v) is 18.5. The zero-order chi connectivity index (χ0) is 39.4. The number of nitrogens with one attached hydrogen (secondary N) is 1. The lowest BCUT2D eigenvalue weighted by Crippen LogP contribution is -2.45. The topological polar surface area (TPSA) is 155 Å². The summed E-state index contributed by atoms with van der Waals surface area (Å²) in [6, 6.07) is 21.2. The Hall–Kier alpha value is -5.50. The van der Waals surface area contributed by atoms with Gasteiger partial charge in [0.15, 0.2) is 0 Å². The van der Waals surface area contributed by atoms with Crippen LogP contribution in [0.15, 0.2) is 101 Å². The molecule has 1 saturated carbocycles. The van der Waals surface area contributed by atoms with Crippen LogP contribution in [-0.2, 0) is 16.3 Å². The van der Waals surface area contributed by atoms with Gasteiger partial charge in [-0.3, -0.25) is 4.57 Å². The molecular weight excluding hydrogens is 724 g/mol. The van der Waals surface area contributed by atoms with Gasteiger partial charge in [-0.1, -0.05) is 24.3 Å². The fourth-order valence-corrected chi connectivity index (χ4v) is 7.17. The van der Waals surface area contributed by atoms with Crippen molar-refractivity contribution in [3.05, 3.63) is 118 Å². The Morgan fingerprint density at radius 1 is 0.963 bits per heavy atom. The standard InChI is InChI=1S/C32H34F3N7O2.C6H6O3S/c1-21-29(28-16-17-37-41(28)26-14-10-22(19-36)11-15-26)40(30(43)38-25-12-8-23(9-13-25)20-42(2,3)4)31(44)39(21)27-7-5-6-24(18-27)32(33,34)35;7-10(8,9)6-4-2-1-3-5-6/h5-7,10-11,14-18,23,25H,8-9,12-13,20H2,1-4H3;1-5H,(H,7,8,9)/t23-,25-;. The SMILES string of the molecule is Cc1c(-c2ccnn2-c2ccc(C#N)cc2)n(C(=O)N[C@H]2CC[C@H](C[N+](C)(C)C)CC2)c(=O)n1-c1cccc(C(F)(F)F)c1.O=S(=O)([O-])c1ccccc1. The van der Waals surface area contributed by atoms with E-state index in [9.17, 15) is 41.0 Å². The molecule has 0 aliphatic heterocycles. The molecular formula is C38H40F3N7O5S. The van der Waals surface area contributed by atoms with Crippen molar-refractivity contribution < 1.29 is 35.4 Å². The smallest absolute Gasteiger partial charge is 0.416 e. The van der Waals surface area contributed by atoms with Gasteiger partial charge in [0.2, 0.25) is 0 Å². The van der Waals surface area contributed by atoms with Gasteiger partial charge >= 0.3 is 17.9 Å². The van der Waals surface area contributed by atoms with Crippen LogP contribution in [-0.4, -0.2) is 76.1 Å². The number of hydrogen-bond acceptors (Lipinski definition) is 7. The van der Waals surface area contributed by atoms with Gasteiger partial charge in [0, 0.05) is 12.0 Å². The third-order valence-electron chi connectivity index (χ3n) is 9.06. The van der Waals surface area contributed by atoms with Crippen molar-refractivity contribution in [3.8, 4) is 28.8 Å². The summed E-state index contributed by atoms with van der Waals surface area (Å²) in [4.78, 5) is 27.7. The van der Waals surface area contributed by atoms with E-state index in [4.69, 9.17) is 0 Å². The van der Waals surface area contributed by atoms with Crippen molar-refractivity contribution >= 4 is 16.1 Å². The predicted molar refractivity (Wildman–Crippen MR) is 194 cm³/mol. The quantitative estimate of drug-likeness (QED) is 0.155. The maximum Gasteiger partial charge on any atom is 0.416 e. The number of nitrogens with zero attached hydrogens (tertiary/aromatic N) is 6. The first-order valence-electron chi connectivity index (χ1n) is 17.1. The van der Waals surface area contributed by atoms with Crippen molar-refractivity contribution in [1.29, 1.82) is 5.26 Å². The summed E-state index contributed by atoms with van der Waals surface area (Å²) >= 11 is 0. The maximum absolute atomic E-state index is 14.0. The van der Waals surface area contributed by atoms with E-state index >= 15 is 0 Å². The Bertz CT molecular complexity index is 2310. The van der Waals surface area contributed by atoms with Gasteiger partial charge in [0.05, 0.1) is 78.7 Å². The van der Waals surface area contributed by atoms with Crippen LogP contribution in [0.3, 0.4) is 0 Å². The molecule has 1 aliphatic carbocycles. The molecule has 2 aromatic heterocycles. The molecule has 284 valence electrons. The van der Waals surface area contributed by atoms with Gasteiger partial charge in [-0.15, -0.1) is 0 Å². The molecule has 3 aromatic carbocycles. The van der Waals surface area contributed by atoms with Crippen LogP contribution in [0.2, 0.25) is 0 Å². The number of benzene rings is 3. The van der Waals surface area contributed by atoms with Gasteiger partial charge < -0.3 is 14.4 Å². The Morgan fingerprint density at radius 2 is 1.61 bits per heavy atom. The first-order chi connectivity index (χ1) is 25.4. The highest BCUT2D eigenvalue weighted by atomic mass is 32.2. The van der Waals surface area contributed by atoms with Crippen molar-refractivity contribution in [1.82, 2.24) is 24.2 Å². The Balaban J connectivity index is 0.000000486. The van der Waals surface area contributed by atoms with Crippen molar-refractivity contribution in [2.45, 2.75) is 49.7 Å².